The highest BCUT2D eigenvalue weighted by Gasteiger charge is 2.06. The summed E-state index contributed by atoms with van der Waals surface area (Å²) < 4.78 is 0.603. The van der Waals surface area contributed by atoms with Crippen LogP contribution in [0.1, 0.15) is 16.6 Å². The van der Waals surface area contributed by atoms with Crippen molar-refractivity contribution in [3.05, 3.63) is 15.7 Å². The Hall–Kier alpha value is -0.940. The van der Waals surface area contributed by atoms with Gasteiger partial charge in [0.05, 0.1) is 10.4 Å². The number of H-pyrrole nitrogens is 2. The molecule has 62 valence electrons. The van der Waals surface area contributed by atoms with E-state index < -0.39 is 0 Å². The van der Waals surface area contributed by atoms with Crippen molar-refractivity contribution < 1.29 is 4.79 Å². The fraction of sp³-hybridized carbons (Fsp3) is 0.143. The maximum absolute atomic E-state index is 11.0. The van der Waals surface area contributed by atoms with E-state index in [9.17, 15) is 4.79 Å². The number of aromatic amines is 2. The van der Waals surface area contributed by atoms with Gasteiger partial charge in [-0.15, -0.1) is 11.3 Å². The number of imidazole rings is 1. The van der Waals surface area contributed by atoms with E-state index in [1.807, 2.05) is 6.07 Å². The predicted octanol–water partition coefficient (Wildman–Crippen LogP) is 2.49. The zero-order valence-corrected chi connectivity index (χ0v) is 7.94. The van der Waals surface area contributed by atoms with Gasteiger partial charge in [0, 0.05) is 0 Å². The van der Waals surface area contributed by atoms with Gasteiger partial charge in [0.2, 0.25) is 0 Å². The molecule has 12 heavy (non-hydrogen) atoms. The second-order valence-electron chi connectivity index (χ2n) is 2.49. The molecule has 3 nitrogen and oxygen atoms in total. The first-order valence-corrected chi connectivity index (χ1v) is 4.62. The van der Waals surface area contributed by atoms with Crippen LogP contribution in [0.25, 0.3) is 10.3 Å². The molecule has 0 fully saturated rings. The van der Waals surface area contributed by atoms with Crippen molar-refractivity contribution in [2.75, 3.05) is 0 Å². The maximum Gasteiger partial charge on any atom is 0.176 e. The van der Waals surface area contributed by atoms with Gasteiger partial charge in [-0.1, -0.05) is 0 Å². The fourth-order valence-corrected chi connectivity index (χ4v) is 2.20. The smallest absolute Gasteiger partial charge is 0.176 e. The summed E-state index contributed by atoms with van der Waals surface area (Å²) in [4.78, 5) is 18.6. The number of fused-ring (bicyclic) bond motifs is 1. The number of carbonyl (C=O) groups excluding carboxylic acids is 1. The summed E-state index contributed by atoms with van der Waals surface area (Å²) in [7, 11) is 0. The number of ketones is 1. The zero-order valence-electron chi connectivity index (χ0n) is 6.30. The average Bonchev–Trinajstić information content (AvgIpc) is 2.42. The third-order valence-corrected chi connectivity index (χ3v) is 2.91. The Kier molecular flexibility index (Phi) is 1.62. The number of rotatable bonds is 1. The lowest BCUT2D eigenvalue weighted by atomic mass is 10.3. The van der Waals surface area contributed by atoms with Crippen LogP contribution in [0.2, 0.25) is 0 Å². The Bertz CT molecular complexity index is 456. The molecular formula is C7H6N2OS2. The topological polar surface area (TPSA) is 48.6 Å². The van der Waals surface area contributed by atoms with Crippen molar-refractivity contribution in [2.45, 2.75) is 6.92 Å². The summed E-state index contributed by atoms with van der Waals surface area (Å²) in [6, 6.07) is 1.81. The Morgan fingerprint density at radius 1 is 1.58 bits per heavy atom. The molecule has 0 aromatic carbocycles. The molecule has 0 radical (unpaired) electrons. The molecule has 2 rings (SSSR count). The minimum Gasteiger partial charge on any atom is -0.330 e. The molecule has 2 heterocycles. The Balaban J connectivity index is 2.72. The van der Waals surface area contributed by atoms with Crippen LogP contribution in [0.3, 0.4) is 0 Å². The van der Waals surface area contributed by atoms with Gasteiger partial charge in [-0.3, -0.25) is 4.79 Å². The van der Waals surface area contributed by atoms with Crippen molar-refractivity contribution in [1.82, 2.24) is 9.97 Å². The van der Waals surface area contributed by atoms with Crippen LogP contribution < -0.4 is 0 Å². The van der Waals surface area contributed by atoms with E-state index >= 15 is 0 Å². The standard InChI is InChI=1S/C7H6N2OS2/c1-3(10)5-2-4-6(12-5)9-7(11)8-4/h2H,1H3,(H2,8,9,11). The van der Waals surface area contributed by atoms with Crippen molar-refractivity contribution in [3.8, 4) is 0 Å². The minimum atomic E-state index is 0.0870. The molecule has 0 atom stereocenters. The summed E-state index contributed by atoms with van der Waals surface area (Å²) >= 11 is 6.31. The first kappa shape index (κ1) is 7.70. The van der Waals surface area contributed by atoms with E-state index in [0.717, 1.165) is 15.2 Å². The SMILES string of the molecule is CC(=O)c1cc2[nH]c(=S)[nH]c2s1. The van der Waals surface area contributed by atoms with Gasteiger partial charge in [-0.25, -0.2) is 0 Å². The van der Waals surface area contributed by atoms with Crippen molar-refractivity contribution in [3.63, 3.8) is 0 Å². The normalized spacial score (nSPS) is 10.8. The lowest BCUT2D eigenvalue weighted by Gasteiger charge is -1.81. The lowest BCUT2D eigenvalue weighted by Crippen LogP contribution is -1.83. The number of thiophene rings is 1. The number of hydrogen-bond acceptors (Lipinski definition) is 3. The highest BCUT2D eigenvalue weighted by atomic mass is 32.1. The van der Waals surface area contributed by atoms with E-state index in [1.54, 1.807) is 6.92 Å². The average molecular weight is 198 g/mol. The maximum atomic E-state index is 11.0. The monoisotopic (exact) mass is 198 g/mol. The Morgan fingerprint density at radius 3 is 2.92 bits per heavy atom. The summed E-state index contributed by atoms with van der Waals surface area (Å²) in [6.07, 6.45) is 0. The molecule has 0 unspecified atom stereocenters. The molecule has 0 aliphatic carbocycles. The fourth-order valence-electron chi connectivity index (χ4n) is 1.01. The van der Waals surface area contributed by atoms with E-state index in [1.165, 1.54) is 11.3 Å². The van der Waals surface area contributed by atoms with Gasteiger partial charge in [0.25, 0.3) is 0 Å². The van der Waals surface area contributed by atoms with Gasteiger partial charge in [-0.2, -0.15) is 0 Å². The van der Waals surface area contributed by atoms with Crippen LogP contribution in [0, 0.1) is 4.77 Å². The van der Waals surface area contributed by atoms with E-state index in [4.69, 9.17) is 12.2 Å². The molecule has 0 aliphatic rings. The van der Waals surface area contributed by atoms with Crippen molar-refractivity contribution >= 4 is 39.7 Å². The highest BCUT2D eigenvalue weighted by Crippen LogP contribution is 2.22. The van der Waals surface area contributed by atoms with Gasteiger partial charge in [-0.05, 0) is 25.2 Å². The zero-order chi connectivity index (χ0) is 8.72. The van der Waals surface area contributed by atoms with Crippen LogP contribution >= 0.6 is 23.6 Å². The van der Waals surface area contributed by atoms with E-state index in [-0.39, 0.29) is 5.78 Å². The number of aromatic nitrogens is 2. The molecule has 2 aromatic rings. The highest BCUT2D eigenvalue weighted by molar-refractivity contribution is 7.71. The predicted molar refractivity (Wildman–Crippen MR) is 51.4 cm³/mol. The third kappa shape index (κ3) is 1.11. The summed E-state index contributed by atoms with van der Waals surface area (Å²) in [5, 5.41) is 0. The first-order valence-electron chi connectivity index (χ1n) is 3.39. The van der Waals surface area contributed by atoms with E-state index in [0.29, 0.717) is 4.77 Å². The lowest BCUT2D eigenvalue weighted by molar-refractivity contribution is 0.102. The van der Waals surface area contributed by atoms with Gasteiger partial charge < -0.3 is 9.97 Å². The number of Topliss-reactive ketones (excluding diaryl/α,β-unsaturated/α-hetero) is 1. The molecule has 0 amide bonds. The minimum absolute atomic E-state index is 0.0870. The van der Waals surface area contributed by atoms with Crippen molar-refractivity contribution in [1.29, 1.82) is 0 Å². The van der Waals surface area contributed by atoms with Crippen LogP contribution in [0.5, 0.6) is 0 Å². The number of hydrogen-bond donors (Lipinski definition) is 2. The van der Waals surface area contributed by atoms with E-state index in [2.05, 4.69) is 9.97 Å². The van der Waals surface area contributed by atoms with Crippen LogP contribution in [0.4, 0.5) is 0 Å². The summed E-state index contributed by atoms with van der Waals surface area (Å²) in [6.45, 7) is 1.55. The molecule has 2 aromatic heterocycles. The van der Waals surface area contributed by atoms with Gasteiger partial charge >= 0.3 is 0 Å². The first-order chi connectivity index (χ1) is 5.66. The largest absolute Gasteiger partial charge is 0.330 e. The van der Waals surface area contributed by atoms with Gasteiger partial charge in [0.1, 0.15) is 4.83 Å². The Morgan fingerprint density at radius 2 is 2.33 bits per heavy atom. The second-order valence-corrected chi connectivity index (χ2v) is 3.95. The molecule has 0 saturated carbocycles. The molecule has 2 N–H and O–H groups in total. The molecule has 0 saturated heterocycles. The van der Waals surface area contributed by atoms with Gasteiger partial charge in [0.15, 0.2) is 10.6 Å². The van der Waals surface area contributed by atoms with Crippen LogP contribution in [-0.4, -0.2) is 15.8 Å². The molecule has 0 aliphatic heterocycles. The Labute approximate surface area is 77.4 Å². The number of carbonyl (C=O) groups is 1. The van der Waals surface area contributed by atoms with Crippen LogP contribution in [0.15, 0.2) is 6.07 Å². The second kappa shape index (κ2) is 2.53. The molecular weight excluding hydrogens is 192 g/mol. The van der Waals surface area contributed by atoms with Crippen molar-refractivity contribution in [2.24, 2.45) is 0 Å². The number of nitrogens with one attached hydrogen (secondary N) is 2. The van der Waals surface area contributed by atoms with Crippen LogP contribution in [-0.2, 0) is 0 Å². The molecule has 0 spiro atoms. The summed E-state index contributed by atoms with van der Waals surface area (Å²) in [5.41, 5.74) is 0.912. The quantitative estimate of drug-likeness (QED) is 0.546. The third-order valence-electron chi connectivity index (χ3n) is 1.55. The molecule has 0 bridgehead atoms. The molecule has 5 heteroatoms. The summed E-state index contributed by atoms with van der Waals surface area (Å²) in [5.74, 6) is 0.0870.